The quantitative estimate of drug-likeness (QED) is 0.820. The van der Waals surface area contributed by atoms with Gasteiger partial charge in [0.25, 0.3) is 0 Å². The maximum absolute atomic E-state index is 13.8. The second kappa shape index (κ2) is 5.85. The Kier molecular flexibility index (Phi) is 4.18. The number of amides is 1. The molecule has 1 aromatic carbocycles. The van der Waals surface area contributed by atoms with E-state index in [0.29, 0.717) is 25.1 Å². The van der Waals surface area contributed by atoms with E-state index in [9.17, 15) is 9.18 Å². The standard InChI is InChI=1S/C14H19FN2O/c15-14-11(6-5-7-12(14)16)10-17-9-4-2-1-3-8-13(17)18/h5-7H,1-4,8-10,16H2. The van der Waals surface area contributed by atoms with Gasteiger partial charge in [0, 0.05) is 25.1 Å². The Hall–Kier alpha value is -1.58. The molecule has 3 nitrogen and oxygen atoms in total. The van der Waals surface area contributed by atoms with Crippen LogP contribution < -0.4 is 5.73 Å². The summed E-state index contributed by atoms with van der Waals surface area (Å²) < 4.78 is 13.8. The fourth-order valence-electron chi connectivity index (χ4n) is 2.31. The third-order valence-electron chi connectivity index (χ3n) is 3.39. The Morgan fingerprint density at radius 3 is 2.83 bits per heavy atom. The van der Waals surface area contributed by atoms with Crippen molar-refractivity contribution in [3.63, 3.8) is 0 Å². The molecule has 18 heavy (non-hydrogen) atoms. The highest BCUT2D eigenvalue weighted by Gasteiger charge is 2.17. The van der Waals surface area contributed by atoms with Crippen LogP contribution in [-0.4, -0.2) is 17.4 Å². The summed E-state index contributed by atoms with van der Waals surface area (Å²) in [6.07, 6.45) is 4.77. The van der Waals surface area contributed by atoms with Crippen molar-refractivity contribution in [3.05, 3.63) is 29.6 Å². The zero-order valence-corrected chi connectivity index (χ0v) is 10.5. The Morgan fingerprint density at radius 2 is 2.00 bits per heavy atom. The smallest absolute Gasteiger partial charge is 0.222 e. The van der Waals surface area contributed by atoms with E-state index in [4.69, 9.17) is 5.73 Å². The van der Waals surface area contributed by atoms with Gasteiger partial charge in [0.15, 0.2) is 5.82 Å². The molecule has 1 saturated heterocycles. The van der Waals surface area contributed by atoms with Gasteiger partial charge in [-0.15, -0.1) is 0 Å². The van der Waals surface area contributed by atoms with Gasteiger partial charge in [0.05, 0.1) is 5.69 Å². The van der Waals surface area contributed by atoms with E-state index in [1.54, 1.807) is 17.0 Å². The number of carbonyl (C=O) groups excluding carboxylic acids is 1. The zero-order valence-electron chi connectivity index (χ0n) is 10.5. The fourth-order valence-corrected chi connectivity index (χ4v) is 2.31. The molecule has 1 aliphatic heterocycles. The predicted octanol–water partition coefficient (Wildman–Crippen LogP) is 2.70. The van der Waals surface area contributed by atoms with Crippen LogP contribution in [0.25, 0.3) is 0 Å². The number of nitrogen functional groups attached to an aromatic ring is 1. The number of benzene rings is 1. The summed E-state index contributed by atoms with van der Waals surface area (Å²) >= 11 is 0. The summed E-state index contributed by atoms with van der Waals surface area (Å²) in [6.45, 7) is 1.04. The van der Waals surface area contributed by atoms with Gasteiger partial charge >= 0.3 is 0 Å². The van der Waals surface area contributed by atoms with Crippen LogP contribution in [0.2, 0.25) is 0 Å². The van der Waals surface area contributed by atoms with Gasteiger partial charge in [-0.3, -0.25) is 4.79 Å². The van der Waals surface area contributed by atoms with E-state index >= 15 is 0 Å². The van der Waals surface area contributed by atoms with E-state index in [2.05, 4.69) is 0 Å². The van der Waals surface area contributed by atoms with Crippen molar-refractivity contribution in [3.8, 4) is 0 Å². The van der Waals surface area contributed by atoms with Crippen LogP contribution in [0.1, 0.15) is 37.7 Å². The molecule has 1 aliphatic rings. The first-order valence-electron chi connectivity index (χ1n) is 6.49. The number of nitrogens with zero attached hydrogens (tertiary/aromatic N) is 1. The van der Waals surface area contributed by atoms with Gasteiger partial charge in [0.1, 0.15) is 0 Å². The molecule has 0 saturated carbocycles. The molecule has 1 heterocycles. The third kappa shape index (κ3) is 3.00. The number of likely N-dealkylation sites (tertiary alicyclic amines) is 1. The van der Waals surface area contributed by atoms with Gasteiger partial charge < -0.3 is 10.6 Å². The SMILES string of the molecule is Nc1cccc(CN2CCCCCCC2=O)c1F. The number of nitrogens with two attached hydrogens (primary N) is 1. The maximum atomic E-state index is 13.8. The summed E-state index contributed by atoms with van der Waals surface area (Å²) in [5.41, 5.74) is 6.19. The molecule has 4 heteroatoms. The van der Waals surface area contributed by atoms with E-state index in [0.717, 1.165) is 25.7 Å². The molecule has 0 aromatic heterocycles. The summed E-state index contributed by atoms with van der Waals surface area (Å²) in [4.78, 5) is 13.7. The summed E-state index contributed by atoms with van der Waals surface area (Å²) in [5, 5.41) is 0. The van der Waals surface area contributed by atoms with Crippen molar-refractivity contribution >= 4 is 11.6 Å². The molecular weight excluding hydrogens is 231 g/mol. The molecule has 0 radical (unpaired) electrons. The monoisotopic (exact) mass is 250 g/mol. The van der Waals surface area contributed by atoms with Crippen LogP contribution >= 0.6 is 0 Å². The lowest BCUT2D eigenvalue weighted by molar-refractivity contribution is -0.132. The van der Waals surface area contributed by atoms with Crippen molar-refractivity contribution < 1.29 is 9.18 Å². The van der Waals surface area contributed by atoms with E-state index in [-0.39, 0.29) is 11.6 Å². The van der Waals surface area contributed by atoms with Gasteiger partial charge in [-0.25, -0.2) is 4.39 Å². The number of hydrogen-bond donors (Lipinski definition) is 1. The zero-order chi connectivity index (χ0) is 13.0. The molecule has 0 bridgehead atoms. The predicted molar refractivity (Wildman–Crippen MR) is 69.3 cm³/mol. The third-order valence-corrected chi connectivity index (χ3v) is 3.39. The summed E-state index contributed by atoms with van der Waals surface area (Å²) in [6, 6.07) is 4.95. The number of halogens is 1. The first-order chi connectivity index (χ1) is 8.68. The van der Waals surface area contributed by atoms with Crippen LogP contribution in [0.3, 0.4) is 0 Å². The van der Waals surface area contributed by atoms with Gasteiger partial charge in [-0.2, -0.15) is 0 Å². The normalized spacial score (nSPS) is 17.4. The lowest BCUT2D eigenvalue weighted by Crippen LogP contribution is -2.32. The molecule has 0 unspecified atom stereocenters. The Labute approximate surface area is 107 Å². The number of hydrogen-bond acceptors (Lipinski definition) is 2. The molecular formula is C14H19FN2O. The highest BCUT2D eigenvalue weighted by atomic mass is 19.1. The maximum Gasteiger partial charge on any atom is 0.222 e. The van der Waals surface area contributed by atoms with Crippen molar-refractivity contribution in [2.45, 2.75) is 38.6 Å². The highest BCUT2D eigenvalue weighted by Crippen LogP contribution is 2.19. The molecule has 1 aromatic rings. The molecule has 2 rings (SSSR count). The number of anilines is 1. The van der Waals surface area contributed by atoms with Crippen LogP contribution in [0, 0.1) is 5.82 Å². The minimum absolute atomic E-state index is 0.122. The average molecular weight is 250 g/mol. The summed E-state index contributed by atoms with van der Waals surface area (Å²) in [7, 11) is 0. The van der Waals surface area contributed by atoms with E-state index in [1.807, 2.05) is 0 Å². The Bertz CT molecular complexity index is 434. The Balaban J connectivity index is 2.10. The number of rotatable bonds is 2. The summed E-state index contributed by atoms with van der Waals surface area (Å²) in [5.74, 6) is -0.274. The molecule has 98 valence electrons. The van der Waals surface area contributed by atoms with Gasteiger partial charge in [0.2, 0.25) is 5.91 Å². The largest absolute Gasteiger partial charge is 0.396 e. The highest BCUT2D eigenvalue weighted by molar-refractivity contribution is 5.76. The molecule has 0 spiro atoms. The van der Waals surface area contributed by atoms with Crippen LogP contribution in [0.4, 0.5) is 10.1 Å². The minimum Gasteiger partial charge on any atom is -0.396 e. The topological polar surface area (TPSA) is 46.3 Å². The van der Waals surface area contributed by atoms with Crippen molar-refractivity contribution in [2.75, 3.05) is 12.3 Å². The minimum atomic E-state index is -0.396. The molecule has 1 fully saturated rings. The first-order valence-corrected chi connectivity index (χ1v) is 6.49. The van der Waals surface area contributed by atoms with Crippen molar-refractivity contribution in [1.29, 1.82) is 0 Å². The van der Waals surface area contributed by atoms with E-state index < -0.39 is 5.82 Å². The van der Waals surface area contributed by atoms with Gasteiger partial charge in [-0.1, -0.05) is 25.0 Å². The fraction of sp³-hybridized carbons (Fsp3) is 0.500. The molecule has 0 aliphatic carbocycles. The molecule has 1 amide bonds. The first kappa shape index (κ1) is 12.9. The second-order valence-corrected chi connectivity index (χ2v) is 4.80. The Morgan fingerprint density at radius 1 is 1.22 bits per heavy atom. The second-order valence-electron chi connectivity index (χ2n) is 4.80. The van der Waals surface area contributed by atoms with Gasteiger partial charge in [-0.05, 0) is 18.9 Å². The molecule has 2 N–H and O–H groups in total. The van der Waals surface area contributed by atoms with E-state index in [1.165, 1.54) is 6.07 Å². The van der Waals surface area contributed by atoms with Crippen molar-refractivity contribution in [2.24, 2.45) is 0 Å². The number of carbonyl (C=O) groups is 1. The lowest BCUT2D eigenvalue weighted by Gasteiger charge is -2.25. The van der Waals surface area contributed by atoms with Crippen molar-refractivity contribution in [1.82, 2.24) is 4.90 Å². The van der Waals surface area contributed by atoms with Crippen LogP contribution in [-0.2, 0) is 11.3 Å². The van der Waals surface area contributed by atoms with Crippen LogP contribution in [0.5, 0.6) is 0 Å². The average Bonchev–Trinajstić information content (AvgIpc) is 2.34. The van der Waals surface area contributed by atoms with Crippen LogP contribution in [0.15, 0.2) is 18.2 Å². The lowest BCUT2D eigenvalue weighted by atomic mass is 10.1. The molecule has 0 atom stereocenters.